The number of aliphatic hydroxyl groups excluding tert-OH is 1. The summed E-state index contributed by atoms with van der Waals surface area (Å²) in [7, 11) is 0. The van der Waals surface area contributed by atoms with Crippen LogP contribution in [0.1, 0.15) is 128 Å². The number of nitrogens with one attached hydrogen (secondary N) is 1. The van der Waals surface area contributed by atoms with E-state index in [1.165, 1.54) is 6.42 Å². The van der Waals surface area contributed by atoms with E-state index in [0.29, 0.717) is 11.3 Å². The summed E-state index contributed by atoms with van der Waals surface area (Å²) >= 11 is 0. The van der Waals surface area contributed by atoms with Crippen LogP contribution in [0.5, 0.6) is 5.88 Å². The Kier molecular flexibility index (Phi) is 14.5. The first-order chi connectivity index (χ1) is 28.8. The van der Waals surface area contributed by atoms with Crippen LogP contribution in [0.25, 0.3) is 6.08 Å². The highest BCUT2D eigenvalue weighted by atomic mass is 16.7. The Labute approximate surface area is 364 Å². The zero-order valence-electron chi connectivity index (χ0n) is 37.9. The Morgan fingerprint density at radius 2 is 1.61 bits per heavy atom. The van der Waals surface area contributed by atoms with Crippen molar-refractivity contribution in [2.45, 2.75) is 155 Å². The van der Waals surface area contributed by atoms with Gasteiger partial charge in [-0.25, -0.2) is 4.79 Å². The predicted molar refractivity (Wildman–Crippen MR) is 228 cm³/mol. The molecule has 6 atom stereocenters. The number of aromatic nitrogens is 2. The number of ether oxygens (including phenoxy) is 3. The molecule has 0 saturated carbocycles. The molecular formula is C46H66N4O12. The van der Waals surface area contributed by atoms with E-state index in [9.17, 15) is 44.4 Å². The van der Waals surface area contributed by atoms with E-state index in [-0.39, 0.29) is 29.7 Å². The van der Waals surface area contributed by atoms with E-state index < -0.39 is 64.0 Å². The Morgan fingerprint density at radius 3 is 2.16 bits per heavy atom. The third-order valence-electron chi connectivity index (χ3n) is 12.9. The van der Waals surface area contributed by atoms with Crippen molar-refractivity contribution < 1.29 is 58.6 Å². The molecule has 16 heteroatoms. The smallest absolute Gasteiger partial charge is 0.410 e. The summed E-state index contributed by atoms with van der Waals surface area (Å²) in [5.74, 6) is -5.43. The van der Waals surface area contributed by atoms with Gasteiger partial charge in [-0.3, -0.25) is 24.3 Å². The molecule has 1 unspecified atom stereocenters. The van der Waals surface area contributed by atoms with Crippen molar-refractivity contribution in [1.29, 1.82) is 0 Å². The van der Waals surface area contributed by atoms with Gasteiger partial charge in [-0.2, -0.15) is 0 Å². The van der Waals surface area contributed by atoms with Crippen LogP contribution >= 0.6 is 0 Å². The Bertz CT molecular complexity index is 2050. The number of piperidine rings is 2. The van der Waals surface area contributed by atoms with Gasteiger partial charge in [0, 0.05) is 43.9 Å². The maximum absolute atomic E-state index is 13.3. The molecule has 0 aliphatic carbocycles. The minimum absolute atomic E-state index is 0.139. The summed E-state index contributed by atoms with van der Waals surface area (Å²) < 4.78 is 17.4. The van der Waals surface area contributed by atoms with E-state index in [1.54, 1.807) is 0 Å². The number of carbonyl (C=O) groups is 5. The van der Waals surface area contributed by atoms with E-state index in [4.69, 9.17) is 14.2 Å². The first-order valence-electron chi connectivity index (χ1n) is 21.6. The van der Waals surface area contributed by atoms with E-state index in [2.05, 4.69) is 33.3 Å². The molecule has 4 heterocycles. The number of carbonyl (C=O) groups excluding carboxylic acids is 5. The van der Waals surface area contributed by atoms with Gasteiger partial charge in [0.25, 0.3) is 0 Å². The van der Waals surface area contributed by atoms with Crippen molar-refractivity contribution in [3.05, 3.63) is 52.2 Å². The van der Waals surface area contributed by atoms with E-state index in [0.717, 1.165) is 103 Å². The molecule has 3 saturated heterocycles. The highest BCUT2D eigenvalue weighted by molar-refractivity contribution is 6.05. The highest BCUT2D eigenvalue weighted by Crippen LogP contribution is 2.48. The summed E-state index contributed by atoms with van der Waals surface area (Å²) in [6, 6.07) is 6.01. The number of benzene rings is 1. The molecule has 5 rings (SSSR count). The number of aryl methyl sites for hydroxylation is 1. The normalized spacial score (nSPS) is 27.4. The maximum atomic E-state index is 13.3. The molecule has 3 aliphatic rings. The van der Waals surface area contributed by atoms with E-state index in [1.807, 2.05) is 58.6 Å². The quantitative estimate of drug-likeness (QED) is 0.181. The number of rotatable bonds is 14. The van der Waals surface area contributed by atoms with Crippen molar-refractivity contribution >= 4 is 35.3 Å². The van der Waals surface area contributed by atoms with Gasteiger partial charge in [0.2, 0.25) is 23.4 Å². The van der Waals surface area contributed by atoms with Crippen LogP contribution in [-0.4, -0.2) is 143 Å². The molecule has 2 aromatic rings. The van der Waals surface area contributed by atoms with Gasteiger partial charge in [-0.15, -0.1) is 5.10 Å². The Balaban J connectivity index is 1.31. The molecule has 1 amide bonds. The van der Waals surface area contributed by atoms with Crippen LogP contribution in [-0.2, 0) is 35.1 Å². The summed E-state index contributed by atoms with van der Waals surface area (Å²) in [4.78, 5) is 69.0. The SMILES string of the molecule is CC(=O)C(O)[C@H]1O[C@@H](Oc2n[nH]c(C(C)C)c2Cc2ccc(/C=C/CCN3CCCC4(CCN(C(=O)OC(C)(C)C)CC4)C3)cc2C)[C@@](O)(C(C)=O)[C@](O)(C(C)=O)[C@@]1(O)C(C)=O. The minimum atomic E-state index is -3.64. The highest BCUT2D eigenvalue weighted by Gasteiger charge is 2.80. The number of Topliss-reactive ketones (excluding diaryl/α,β-unsaturated/α-hetero) is 4. The molecule has 3 aliphatic heterocycles. The average Bonchev–Trinajstić information content (AvgIpc) is 3.58. The van der Waals surface area contributed by atoms with Crippen LogP contribution in [0.15, 0.2) is 24.3 Å². The van der Waals surface area contributed by atoms with Gasteiger partial charge in [0.05, 0.1) is 0 Å². The van der Waals surface area contributed by atoms with Gasteiger partial charge < -0.3 is 44.4 Å². The minimum Gasteiger partial charge on any atom is -0.444 e. The van der Waals surface area contributed by atoms with Gasteiger partial charge in [-0.1, -0.05) is 44.2 Å². The van der Waals surface area contributed by atoms with Crippen LogP contribution in [0.4, 0.5) is 4.79 Å². The first-order valence-corrected chi connectivity index (χ1v) is 21.6. The molecule has 1 spiro atoms. The lowest BCUT2D eigenvalue weighted by atomic mass is 9.60. The molecule has 5 N–H and O–H groups in total. The number of nitrogens with zero attached hydrogens (tertiary/aromatic N) is 3. The standard InChI is InChI=1S/C46H66N4O12/c1-27(2)36-35(39(48-47-36)61-40-45(58,31(6)53)46(59,32(7)54)44(57,30(5)52)38(60-40)37(55)29(4)51)25-34-16-15-33(24-28(34)3)14-11-12-20-49-21-13-17-43(26-49)18-22-50(23-19-43)41(56)62-42(8,9)10/h11,14-16,24,27,37-38,40,55,57-59H,12-13,17-23,25-26H2,1-10H3,(H,47,48)/b14-11+/t37?,38-,40+,44-,45+,46+/m1/s1. The molecular weight excluding hydrogens is 801 g/mol. The number of ketones is 4. The largest absolute Gasteiger partial charge is 0.444 e. The number of hydrogen-bond acceptors (Lipinski definition) is 14. The van der Waals surface area contributed by atoms with Gasteiger partial charge in [0.15, 0.2) is 28.7 Å². The lowest BCUT2D eigenvalue weighted by molar-refractivity contribution is -0.358. The second-order valence-electron chi connectivity index (χ2n) is 19.0. The third kappa shape index (κ3) is 9.32. The number of amides is 1. The Morgan fingerprint density at radius 1 is 0.968 bits per heavy atom. The molecule has 16 nitrogen and oxygen atoms in total. The van der Waals surface area contributed by atoms with Crippen LogP contribution < -0.4 is 4.74 Å². The van der Waals surface area contributed by atoms with E-state index >= 15 is 0 Å². The number of H-pyrrole nitrogens is 1. The lowest BCUT2D eigenvalue weighted by Gasteiger charge is -2.57. The van der Waals surface area contributed by atoms with Crippen LogP contribution in [0.3, 0.4) is 0 Å². The van der Waals surface area contributed by atoms with Crippen molar-refractivity contribution in [2.75, 3.05) is 32.7 Å². The molecule has 62 heavy (non-hydrogen) atoms. The fourth-order valence-corrected chi connectivity index (χ4v) is 9.33. The molecule has 0 radical (unpaired) electrons. The van der Waals surface area contributed by atoms with Gasteiger partial charge in [-0.05, 0) is 122 Å². The Hall–Kier alpha value is -4.32. The topological polar surface area (TPSA) is 229 Å². The lowest BCUT2D eigenvalue weighted by Crippen LogP contribution is -2.87. The molecule has 0 bridgehead atoms. The second-order valence-corrected chi connectivity index (χ2v) is 19.0. The van der Waals surface area contributed by atoms with Crippen molar-refractivity contribution in [3.8, 4) is 5.88 Å². The number of likely N-dealkylation sites (tertiary alicyclic amines) is 2. The number of hydrogen-bond donors (Lipinski definition) is 5. The summed E-state index contributed by atoms with van der Waals surface area (Å²) in [5.41, 5.74) is -6.88. The fourth-order valence-electron chi connectivity index (χ4n) is 9.33. The molecule has 1 aromatic carbocycles. The summed E-state index contributed by atoms with van der Waals surface area (Å²) in [5, 5.41) is 53.8. The van der Waals surface area contributed by atoms with Crippen LogP contribution in [0, 0.1) is 12.3 Å². The molecule has 3 fully saturated rings. The van der Waals surface area contributed by atoms with Gasteiger partial charge in [0.1, 0.15) is 17.8 Å². The zero-order chi connectivity index (χ0) is 46.2. The third-order valence-corrected chi connectivity index (χ3v) is 12.9. The fraction of sp³-hybridized carbons (Fsp3) is 0.652. The summed E-state index contributed by atoms with van der Waals surface area (Å²) in [6.45, 7) is 19.1. The van der Waals surface area contributed by atoms with Crippen LogP contribution in [0.2, 0.25) is 0 Å². The number of aliphatic hydroxyl groups is 4. The molecule has 342 valence electrons. The monoisotopic (exact) mass is 866 g/mol. The first kappa shape index (κ1) is 48.7. The maximum Gasteiger partial charge on any atom is 0.410 e. The second kappa shape index (κ2) is 18.4. The summed E-state index contributed by atoms with van der Waals surface area (Å²) in [6.07, 6.45) is 2.41. The zero-order valence-corrected chi connectivity index (χ0v) is 37.9. The molecule has 1 aromatic heterocycles. The average molecular weight is 867 g/mol. The van der Waals surface area contributed by atoms with Gasteiger partial charge >= 0.3 is 6.09 Å². The van der Waals surface area contributed by atoms with Crippen molar-refractivity contribution in [2.24, 2.45) is 5.41 Å². The number of aromatic amines is 1. The van der Waals surface area contributed by atoms with Crippen molar-refractivity contribution in [1.82, 2.24) is 20.0 Å². The van der Waals surface area contributed by atoms with Crippen molar-refractivity contribution in [3.63, 3.8) is 0 Å². The predicted octanol–water partition coefficient (Wildman–Crippen LogP) is 3.96.